The standard InChI is InChI=1S/C47H62F2N12O9/c1-2-39(63)53-19-20-55-47(69)60-46(51)54-17-6-11-36(42(65)56-25-33-34(48)22-31(62)23-35(33)49)58-45(68)41(61-26-29-8-3-4-9-30(29)27-61)28-12-14-32(15-13-28)70-21-7-18-52-40(64)24-38-44(67)57-37(10-5-16-50)43(66)59-38/h3-4,8-9,12-15,22-23,36-38,41,62H,2,5-7,10-11,16-21,24-27,50H2,1H3,(H,52,64)(H,53,63)(H,56,65)(H,57,67)(H,58,68)(H,59,66)(H4,51,54,55,60,69)/t36-,37-,38-,41+/m1/s1. The Balaban J connectivity index is 1.21. The summed E-state index contributed by atoms with van der Waals surface area (Å²) in [6.45, 7) is 3.17. The van der Waals surface area contributed by atoms with Gasteiger partial charge in [-0.2, -0.15) is 4.99 Å². The third-order valence-electron chi connectivity index (χ3n) is 11.4. The molecule has 2 heterocycles. The van der Waals surface area contributed by atoms with E-state index in [0.29, 0.717) is 68.8 Å². The third kappa shape index (κ3) is 16.4. The van der Waals surface area contributed by atoms with Gasteiger partial charge in [0.25, 0.3) is 0 Å². The molecule has 378 valence electrons. The number of carbonyl (C=O) groups is 7. The molecule has 2 aliphatic heterocycles. The number of nitrogens with one attached hydrogen (secondary N) is 8. The average Bonchev–Trinajstić information content (AvgIpc) is 3.75. The molecule has 4 atom stereocenters. The van der Waals surface area contributed by atoms with Gasteiger partial charge >= 0.3 is 6.03 Å². The molecule has 3 aromatic rings. The minimum Gasteiger partial charge on any atom is -0.508 e. The highest BCUT2D eigenvalue weighted by atomic mass is 19.1. The lowest BCUT2D eigenvalue weighted by atomic mass is 10.0. The number of urea groups is 1. The van der Waals surface area contributed by atoms with E-state index in [-0.39, 0.29) is 69.8 Å². The van der Waals surface area contributed by atoms with Crippen LogP contribution < -0.4 is 58.7 Å². The van der Waals surface area contributed by atoms with Crippen LogP contribution in [0.3, 0.4) is 0 Å². The monoisotopic (exact) mass is 976 g/mol. The Kier molecular flexibility index (Phi) is 20.6. The second-order valence-corrected chi connectivity index (χ2v) is 16.6. The number of aliphatic imine (C=N–C) groups is 1. The molecule has 1 saturated heterocycles. The van der Waals surface area contributed by atoms with Gasteiger partial charge in [0.05, 0.1) is 13.0 Å². The van der Waals surface area contributed by atoms with Crippen molar-refractivity contribution >= 4 is 47.4 Å². The van der Waals surface area contributed by atoms with Crippen LogP contribution in [0.15, 0.2) is 65.7 Å². The van der Waals surface area contributed by atoms with Crippen molar-refractivity contribution in [3.8, 4) is 11.5 Å². The van der Waals surface area contributed by atoms with E-state index in [1.54, 1.807) is 31.2 Å². The minimum absolute atomic E-state index is 0.00438. The van der Waals surface area contributed by atoms with E-state index in [9.17, 15) is 47.4 Å². The van der Waals surface area contributed by atoms with Crippen LogP contribution in [0.25, 0.3) is 0 Å². The maximum Gasteiger partial charge on any atom is 0.344 e. The molecule has 8 amide bonds. The number of carbonyl (C=O) groups excluding carboxylic acids is 7. The molecule has 13 N–H and O–H groups in total. The summed E-state index contributed by atoms with van der Waals surface area (Å²) in [6.07, 6.45) is 1.66. The fourth-order valence-corrected chi connectivity index (χ4v) is 7.69. The van der Waals surface area contributed by atoms with Gasteiger partial charge in [0, 0.05) is 69.9 Å². The Bertz CT molecular complexity index is 2310. The minimum atomic E-state index is -1.23. The van der Waals surface area contributed by atoms with Gasteiger partial charge in [-0.1, -0.05) is 43.3 Å². The van der Waals surface area contributed by atoms with Crippen LogP contribution >= 0.6 is 0 Å². The van der Waals surface area contributed by atoms with Gasteiger partial charge in [-0.25, -0.2) is 13.6 Å². The van der Waals surface area contributed by atoms with Crippen LogP contribution in [0.4, 0.5) is 13.6 Å². The first-order valence-electron chi connectivity index (χ1n) is 23.1. The largest absolute Gasteiger partial charge is 0.508 e. The number of rotatable bonds is 25. The summed E-state index contributed by atoms with van der Waals surface area (Å²) in [5, 5.41) is 30.8. The van der Waals surface area contributed by atoms with Crippen LogP contribution in [-0.2, 0) is 48.4 Å². The second kappa shape index (κ2) is 27.0. The fourth-order valence-electron chi connectivity index (χ4n) is 7.69. The van der Waals surface area contributed by atoms with Crippen molar-refractivity contribution in [3.63, 3.8) is 0 Å². The zero-order valence-electron chi connectivity index (χ0n) is 38.9. The molecule has 0 unspecified atom stereocenters. The first-order valence-corrected chi connectivity index (χ1v) is 23.1. The highest BCUT2D eigenvalue weighted by Gasteiger charge is 2.36. The van der Waals surface area contributed by atoms with Crippen LogP contribution in [0.5, 0.6) is 11.5 Å². The predicted octanol–water partition coefficient (Wildman–Crippen LogP) is 0.446. The van der Waals surface area contributed by atoms with Crippen molar-refractivity contribution in [2.45, 2.75) is 95.7 Å². The fraction of sp³-hybridized carbons (Fsp3) is 0.447. The van der Waals surface area contributed by atoms with Crippen molar-refractivity contribution in [1.82, 2.24) is 47.4 Å². The number of nitrogens with two attached hydrogens (primary N) is 2. The zero-order valence-corrected chi connectivity index (χ0v) is 38.9. The number of hydrogen-bond acceptors (Lipinski definition) is 11. The Morgan fingerprint density at radius 1 is 0.814 bits per heavy atom. The van der Waals surface area contributed by atoms with Gasteiger partial charge in [-0.3, -0.25) is 33.7 Å². The molecule has 0 aliphatic carbocycles. The van der Waals surface area contributed by atoms with E-state index in [1.807, 2.05) is 29.2 Å². The molecule has 0 saturated carbocycles. The smallest absolute Gasteiger partial charge is 0.344 e. The first kappa shape index (κ1) is 53.6. The summed E-state index contributed by atoms with van der Waals surface area (Å²) >= 11 is 0. The van der Waals surface area contributed by atoms with Crippen molar-refractivity contribution in [2.24, 2.45) is 16.5 Å². The zero-order chi connectivity index (χ0) is 50.6. The number of hydrogen-bond donors (Lipinski definition) is 11. The summed E-state index contributed by atoms with van der Waals surface area (Å²) in [7, 11) is 0. The predicted molar refractivity (Wildman–Crippen MR) is 252 cm³/mol. The van der Waals surface area contributed by atoms with Gasteiger partial charge in [0.15, 0.2) is 5.96 Å². The molecule has 70 heavy (non-hydrogen) atoms. The maximum atomic E-state index is 14.6. The van der Waals surface area contributed by atoms with Crippen LogP contribution in [-0.4, -0.2) is 115 Å². The van der Waals surface area contributed by atoms with Crippen LogP contribution in [0, 0.1) is 11.6 Å². The topological polar surface area (TPSA) is 313 Å². The van der Waals surface area contributed by atoms with E-state index < -0.39 is 83.3 Å². The summed E-state index contributed by atoms with van der Waals surface area (Å²) in [5.41, 5.74) is 13.5. The lowest BCUT2D eigenvalue weighted by Gasteiger charge is -2.29. The Morgan fingerprint density at radius 2 is 1.44 bits per heavy atom. The molecule has 0 aromatic heterocycles. The lowest BCUT2D eigenvalue weighted by Crippen LogP contribution is -2.62. The maximum absolute atomic E-state index is 14.6. The molecular weight excluding hydrogens is 915 g/mol. The number of phenolic OH excluding ortho intramolecular Hbond substituents is 1. The second-order valence-electron chi connectivity index (χ2n) is 16.6. The summed E-state index contributed by atoms with van der Waals surface area (Å²) < 4.78 is 35.2. The van der Waals surface area contributed by atoms with Gasteiger partial charge in [-0.05, 0) is 67.5 Å². The van der Waals surface area contributed by atoms with Gasteiger partial charge in [0.2, 0.25) is 35.4 Å². The molecule has 23 heteroatoms. The first-order chi connectivity index (χ1) is 33.6. The van der Waals surface area contributed by atoms with E-state index in [1.165, 1.54) is 0 Å². The van der Waals surface area contributed by atoms with Crippen LogP contribution in [0.2, 0.25) is 0 Å². The summed E-state index contributed by atoms with van der Waals surface area (Å²) in [6, 6.07) is 11.4. The van der Waals surface area contributed by atoms with Crippen molar-refractivity contribution in [2.75, 3.05) is 39.3 Å². The molecule has 5 rings (SSSR count). The van der Waals surface area contributed by atoms with Gasteiger partial charge in [0.1, 0.15) is 47.3 Å². The van der Waals surface area contributed by atoms with Crippen molar-refractivity contribution in [3.05, 3.63) is 94.6 Å². The van der Waals surface area contributed by atoms with E-state index in [0.717, 1.165) is 11.1 Å². The molecule has 0 spiro atoms. The Hall–Kier alpha value is -7.40. The number of piperazine rings is 1. The molecule has 0 radical (unpaired) electrons. The number of phenols is 1. The molecule has 1 fully saturated rings. The summed E-state index contributed by atoms with van der Waals surface area (Å²) in [4.78, 5) is 95.0. The molecule has 3 aromatic carbocycles. The number of ether oxygens (including phenoxy) is 1. The number of benzene rings is 3. The molecule has 21 nitrogen and oxygen atoms in total. The number of guanidine groups is 1. The number of amides is 8. The van der Waals surface area contributed by atoms with E-state index >= 15 is 0 Å². The number of aromatic hydroxyl groups is 1. The van der Waals surface area contributed by atoms with E-state index in [2.05, 4.69) is 47.5 Å². The Labute approximate surface area is 403 Å². The highest BCUT2D eigenvalue weighted by Crippen LogP contribution is 2.33. The normalized spacial score (nSPS) is 16.4. The van der Waals surface area contributed by atoms with Crippen molar-refractivity contribution < 1.29 is 52.2 Å². The SMILES string of the molecule is CCC(=O)NCCNC(=O)/N=C(/N)NCCC[C@@H](NC(=O)[C@H](c1ccc(OCCCNC(=O)C[C@H]2NC(=O)[C@@H](CCCN)NC2=O)cc1)N1Cc2ccccc2C1)C(=O)NCc1c(F)cc(O)cc1F. The highest BCUT2D eigenvalue weighted by molar-refractivity contribution is 5.99. The molecule has 2 aliphatic rings. The number of halogens is 2. The van der Waals surface area contributed by atoms with Gasteiger partial charge < -0.3 is 63.8 Å². The Morgan fingerprint density at radius 3 is 2.11 bits per heavy atom. The lowest BCUT2D eigenvalue weighted by molar-refractivity contribution is -0.138. The van der Waals surface area contributed by atoms with Crippen molar-refractivity contribution in [1.29, 1.82) is 0 Å². The van der Waals surface area contributed by atoms with E-state index in [4.69, 9.17) is 16.2 Å². The average molecular weight is 977 g/mol. The summed E-state index contributed by atoms with van der Waals surface area (Å²) in [5.74, 6) is -5.21. The van der Waals surface area contributed by atoms with Crippen LogP contribution in [0.1, 0.15) is 80.2 Å². The number of fused-ring (bicyclic) bond motifs is 1. The quantitative estimate of drug-likeness (QED) is 0.0313. The molecular formula is C47H62F2N12O9. The molecule has 0 bridgehead atoms. The number of nitrogens with zero attached hydrogens (tertiary/aromatic N) is 2. The third-order valence-corrected chi connectivity index (χ3v) is 11.4. The van der Waals surface area contributed by atoms with Gasteiger partial charge in [-0.15, -0.1) is 0 Å².